The maximum atomic E-state index is 14.1. The van der Waals surface area contributed by atoms with Crippen molar-refractivity contribution in [3.63, 3.8) is 0 Å². The van der Waals surface area contributed by atoms with Crippen molar-refractivity contribution >= 4 is 15.9 Å². The van der Waals surface area contributed by atoms with Gasteiger partial charge >= 0.3 is 0 Å². The van der Waals surface area contributed by atoms with Crippen LogP contribution in [0, 0.1) is 12.7 Å². The summed E-state index contributed by atoms with van der Waals surface area (Å²) in [4.78, 5) is 11.9. The van der Waals surface area contributed by atoms with Crippen LogP contribution in [0.3, 0.4) is 0 Å². The lowest BCUT2D eigenvalue weighted by Gasteiger charge is -2.17. The minimum atomic E-state index is -3.99. The number of sulfonamides is 1. The zero-order valence-electron chi connectivity index (χ0n) is 12.4. The van der Waals surface area contributed by atoms with E-state index in [0.717, 1.165) is 31.4 Å². The molecule has 1 aromatic carbocycles. The summed E-state index contributed by atoms with van der Waals surface area (Å²) in [6, 6.07) is 2.02. The van der Waals surface area contributed by atoms with Gasteiger partial charge in [-0.15, -0.1) is 0 Å². The lowest BCUT2D eigenvalue weighted by Crippen LogP contribution is -2.35. The van der Waals surface area contributed by atoms with Gasteiger partial charge in [0.15, 0.2) is 0 Å². The Bertz CT molecular complexity index is 629. The number of hydrogen-bond acceptors (Lipinski definition) is 3. The van der Waals surface area contributed by atoms with Gasteiger partial charge in [-0.2, -0.15) is 0 Å². The molecule has 0 saturated carbocycles. The lowest BCUT2D eigenvalue weighted by atomic mass is 10.1. The highest BCUT2D eigenvalue weighted by Gasteiger charge is 2.20. The van der Waals surface area contributed by atoms with Crippen LogP contribution in [0.1, 0.15) is 49.0 Å². The van der Waals surface area contributed by atoms with E-state index in [1.807, 2.05) is 13.8 Å². The second kappa shape index (κ2) is 7.00. The topological polar surface area (TPSA) is 89.3 Å². The molecular weight excluding hydrogens is 295 g/mol. The van der Waals surface area contributed by atoms with Crippen LogP contribution in [0.25, 0.3) is 0 Å². The van der Waals surface area contributed by atoms with Crippen LogP contribution in [0.5, 0.6) is 0 Å². The molecule has 3 N–H and O–H groups in total. The molecule has 0 aliphatic rings. The zero-order chi connectivity index (χ0) is 16.2. The summed E-state index contributed by atoms with van der Waals surface area (Å²) in [7, 11) is -3.99. The number of halogens is 1. The smallest absolute Gasteiger partial charge is 0.254 e. The Morgan fingerprint density at radius 1 is 1.38 bits per heavy atom. The average Bonchev–Trinajstić information content (AvgIpc) is 2.39. The summed E-state index contributed by atoms with van der Waals surface area (Å²) in [6.45, 7) is 5.30. The Kier molecular flexibility index (Phi) is 5.86. The Balaban J connectivity index is 3.17. The van der Waals surface area contributed by atoms with Gasteiger partial charge in [0, 0.05) is 6.04 Å². The van der Waals surface area contributed by atoms with E-state index in [-0.39, 0.29) is 22.1 Å². The molecular formula is C14H21FN2O3S. The molecule has 1 rings (SSSR count). The van der Waals surface area contributed by atoms with Gasteiger partial charge in [0.2, 0.25) is 10.0 Å². The van der Waals surface area contributed by atoms with Crippen LogP contribution in [-0.4, -0.2) is 20.4 Å². The molecule has 0 heterocycles. The van der Waals surface area contributed by atoms with Crippen molar-refractivity contribution in [3.8, 4) is 0 Å². The van der Waals surface area contributed by atoms with Crippen LogP contribution in [0.4, 0.5) is 4.39 Å². The van der Waals surface area contributed by atoms with Crippen molar-refractivity contribution < 1.29 is 17.6 Å². The third kappa shape index (κ3) is 4.50. The van der Waals surface area contributed by atoms with Gasteiger partial charge in [-0.3, -0.25) is 4.79 Å². The summed E-state index contributed by atoms with van der Waals surface area (Å²) in [5, 5.41) is 7.75. The highest BCUT2D eigenvalue weighted by Crippen LogP contribution is 2.19. The van der Waals surface area contributed by atoms with Gasteiger partial charge in [0.05, 0.1) is 10.5 Å². The summed E-state index contributed by atoms with van der Waals surface area (Å²) in [6.07, 6.45) is 2.38. The van der Waals surface area contributed by atoms with E-state index in [0.29, 0.717) is 0 Å². The molecule has 1 unspecified atom stereocenters. The first-order chi connectivity index (χ1) is 9.70. The molecule has 0 aliphatic carbocycles. The van der Waals surface area contributed by atoms with E-state index >= 15 is 0 Å². The summed E-state index contributed by atoms with van der Waals surface area (Å²) in [5.74, 6) is -1.35. The number of nitrogens with one attached hydrogen (secondary N) is 1. The predicted octanol–water partition coefficient (Wildman–Crippen LogP) is 2.09. The van der Waals surface area contributed by atoms with Crippen LogP contribution in [-0.2, 0) is 10.0 Å². The van der Waals surface area contributed by atoms with Crippen LogP contribution >= 0.6 is 0 Å². The first-order valence-electron chi connectivity index (χ1n) is 6.84. The van der Waals surface area contributed by atoms with Gasteiger partial charge in [-0.05, 0) is 37.5 Å². The van der Waals surface area contributed by atoms with E-state index in [2.05, 4.69) is 5.32 Å². The molecule has 7 heteroatoms. The number of primary sulfonamides is 1. The molecule has 0 fully saturated rings. The fourth-order valence-corrected chi connectivity index (χ4v) is 2.68. The molecule has 1 amide bonds. The number of aryl methyl sites for hydroxylation is 1. The van der Waals surface area contributed by atoms with Gasteiger partial charge in [-0.25, -0.2) is 17.9 Å². The van der Waals surface area contributed by atoms with E-state index in [1.54, 1.807) is 0 Å². The molecule has 0 bridgehead atoms. The summed E-state index contributed by atoms with van der Waals surface area (Å²) < 4.78 is 36.8. The maximum absolute atomic E-state index is 14.1. The molecule has 0 spiro atoms. The van der Waals surface area contributed by atoms with Crippen molar-refractivity contribution in [1.82, 2.24) is 5.32 Å². The second-order valence-corrected chi connectivity index (χ2v) is 6.58. The van der Waals surface area contributed by atoms with Crippen LogP contribution in [0.15, 0.2) is 17.0 Å². The monoisotopic (exact) mass is 316 g/mol. The quantitative estimate of drug-likeness (QED) is 0.842. The number of benzene rings is 1. The van der Waals surface area contributed by atoms with Gasteiger partial charge in [0.25, 0.3) is 5.91 Å². The molecule has 0 radical (unpaired) electrons. The van der Waals surface area contributed by atoms with E-state index in [1.165, 1.54) is 6.92 Å². The molecule has 1 atom stereocenters. The summed E-state index contributed by atoms with van der Waals surface area (Å²) in [5.41, 5.74) is -0.233. The Labute approximate surface area is 124 Å². The molecule has 0 aliphatic heterocycles. The fraction of sp³-hybridized carbons (Fsp3) is 0.500. The zero-order valence-corrected chi connectivity index (χ0v) is 13.3. The Hall–Kier alpha value is -1.47. The molecule has 1 aromatic rings. The third-order valence-electron chi connectivity index (χ3n) is 3.27. The van der Waals surface area contributed by atoms with Crippen LogP contribution in [0.2, 0.25) is 0 Å². The number of carbonyl (C=O) groups is 1. The molecule has 0 aromatic heterocycles. The highest BCUT2D eigenvalue weighted by atomic mass is 32.2. The first kappa shape index (κ1) is 17.6. The molecule has 5 nitrogen and oxygen atoms in total. The van der Waals surface area contributed by atoms with E-state index in [4.69, 9.17) is 5.14 Å². The van der Waals surface area contributed by atoms with Gasteiger partial charge in [0.1, 0.15) is 5.82 Å². The standard InChI is InChI=1S/C14H21FN2O3S/c1-4-6-10(5-2)17-14(18)12-8-11(21(16,19)20)7-9(3)13(12)15/h7-8,10H,4-6H2,1-3H3,(H,17,18)(H2,16,19,20). The second-order valence-electron chi connectivity index (χ2n) is 5.01. The molecule has 0 saturated heterocycles. The number of nitrogens with two attached hydrogens (primary N) is 1. The molecule has 21 heavy (non-hydrogen) atoms. The number of amides is 1. The number of rotatable bonds is 6. The van der Waals surface area contributed by atoms with Gasteiger partial charge in [-0.1, -0.05) is 20.3 Å². The average molecular weight is 316 g/mol. The van der Waals surface area contributed by atoms with Crippen molar-refractivity contribution in [2.24, 2.45) is 5.14 Å². The first-order valence-corrected chi connectivity index (χ1v) is 8.39. The third-order valence-corrected chi connectivity index (χ3v) is 4.16. The van der Waals surface area contributed by atoms with Gasteiger partial charge < -0.3 is 5.32 Å². The number of carbonyl (C=O) groups excluding carboxylic acids is 1. The lowest BCUT2D eigenvalue weighted by molar-refractivity contribution is 0.0929. The van der Waals surface area contributed by atoms with E-state index < -0.39 is 21.7 Å². The Morgan fingerprint density at radius 2 is 2.00 bits per heavy atom. The Morgan fingerprint density at radius 3 is 2.48 bits per heavy atom. The summed E-state index contributed by atoms with van der Waals surface area (Å²) >= 11 is 0. The maximum Gasteiger partial charge on any atom is 0.254 e. The minimum Gasteiger partial charge on any atom is -0.349 e. The SMILES string of the molecule is CCCC(CC)NC(=O)c1cc(S(N)(=O)=O)cc(C)c1F. The molecule has 118 valence electrons. The number of hydrogen-bond donors (Lipinski definition) is 2. The van der Waals surface area contributed by atoms with E-state index in [9.17, 15) is 17.6 Å². The fourth-order valence-electron chi connectivity index (χ4n) is 2.06. The predicted molar refractivity (Wildman–Crippen MR) is 79.0 cm³/mol. The normalized spacial score (nSPS) is 13.0. The van der Waals surface area contributed by atoms with Crippen LogP contribution < -0.4 is 10.5 Å². The highest BCUT2D eigenvalue weighted by molar-refractivity contribution is 7.89. The van der Waals surface area contributed by atoms with Crippen molar-refractivity contribution in [2.75, 3.05) is 0 Å². The largest absolute Gasteiger partial charge is 0.349 e. The van der Waals surface area contributed by atoms with Crippen molar-refractivity contribution in [3.05, 3.63) is 29.1 Å². The van der Waals surface area contributed by atoms with Crippen molar-refractivity contribution in [2.45, 2.75) is 51.0 Å². The minimum absolute atomic E-state index is 0.0650. The van der Waals surface area contributed by atoms with Crippen molar-refractivity contribution in [1.29, 1.82) is 0 Å².